The minimum absolute atomic E-state index is 0. The van der Waals surface area contributed by atoms with Crippen LogP contribution >= 0.6 is 12.4 Å². The third-order valence-corrected chi connectivity index (χ3v) is 6.24. The Morgan fingerprint density at radius 3 is 2.12 bits per heavy atom. The second-order valence-electron chi connectivity index (χ2n) is 8.04. The van der Waals surface area contributed by atoms with Gasteiger partial charge in [0.1, 0.15) is 0 Å². The van der Waals surface area contributed by atoms with Gasteiger partial charge in [-0.25, -0.2) is 0 Å². The normalized spacial score (nSPS) is 24.4. The number of carbonyl (C=O) groups excluding carboxylic acids is 1. The van der Waals surface area contributed by atoms with Crippen LogP contribution in [0.2, 0.25) is 0 Å². The van der Waals surface area contributed by atoms with Crippen LogP contribution in [0.3, 0.4) is 0 Å². The van der Waals surface area contributed by atoms with Gasteiger partial charge in [-0.15, -0.1) is 12.4 Å². The Kier molecular flexibility index (Phi) is 7.93. The van der Waals surface area contributed by atoms with Gasteiger partial charge >= 0.3 is 0 Å². The Morgan fingerprint density at radius 1 is 1.04 bits per heavy atom. The van der Waals surface area contributed by atoms with Gasteiger partial charge in [0.05, 0.1) is 0 Å². The first-order valence-corrected chi connectivity index (χ1v) is 9.91. The maximum absolute atomic E-state index is 12.7. The molecule has 0 radical (unpaired) electrons. The average Bonchev–Trinajstić information content (AvgIpc) is 2.67. The van der Waals surface area contributed by atoms with Gasteiger partial charge in [-0.2, -0.15) is 0 Å². The summed E-state index contributed by atoms with van der Waals surface area (Å²) in [7, 11) is 0. The Labute approximate surface area is 164 Å². The Bertz CT molecular complexity index is 559. The molecule has 1 saturated carbocycles. The molecule has 1 saturated heterocycles. The van der Waals surface area contributed by atoms with Crippen LogP contribution in [0.1, 0.15) is 55.5 Å². The molecule has 2 fully saturated rings. The predicted octanol–water partition coefficient (Wildman–Crippen LogP) is 3.54. The third kappa shape index (κ3) is 4.99. The maximum Gasteiger partial charge on any atom is 0.253 e. The number of rotatable bonds is 4. The second-order valence-corrected chi connectivity index (χ2v) is 8.04. The molecule has 2 N–H and O–H groups in total. The van der Waals surface area contributed by atoms with Crippen LogP contribution in [0.5, 0.6) is 0 Å². The van der Waals surface area contributed by atoms with Crippen molar-refractivity contribution in [3.63, 3.8) is 0 Å². The van der Waals surface area contributed by atoms with Gasteiger partial charge in [0, 0.05) is 44.3 Å². The number of nitrogens with zero attached hydrogens (tertiary/aromatic N) is 2. The molecule has 1 aromatic carbocycles. The fourth-order valence-electron chi connectivity index (χ4n) is 4.39. The zero-order valence-electron chi connectivity index (χ0n) is 16.2. The Morgan fingerprint density at radius 2 is 1.62 bits per heavy atom. The van der Waals surface area contributed by atoms with E-state index >= 15 is 0 Å². The smallest absolute Gasteiger partial charge is 0.253 e. The van der Waals surface area contributed by atoms with Gasteiger partial charge in [0.25, 0.3) is 5.91 Å². The lowest BCUT2D eigenvalue weighted by Crippen LogP contribution is -2.52. The maximum atomic E-state index is 12.7. The van der Waals surface area contributed by atoms with E-state index in [1.54, 1.807) is 0 Å². The number of hydrogen-bond acceptors (Lipinski definition) is 3. The van der Waals surface area contributed by atoms with E-state index in [9.17, 15) is 4.79 Å². The Hall–Kier alpha value is -1.10. The standard InChI is InChI=1S/C21H33N3O.ClH/c1-16(2)18-7-9-20(10-8-18)23-11-13-24(14-12-23)21(25)19-5-3-17(15-22)4-6-19;/h3-6,16,18,20H,7-15,22H2,1-2H3;1H. The number of benzene rings is 1. The van der Waals surface area contributed by atoms with Crippen molar-refractivity contribution in [2.45, 2.75) is 52.1 Å². The second kappa shape index (κ2) is 9.72. The minimum atomic E-state index is 0. The number of hydrogen-bond donors (Lipinski definition) is 1. The first kappa shape index (κ1) is 21.2. The van der Waals surface area contributed by atoms with Crippen LogP contribution in [0.15, 0.2) is 24.3 Å². The highest BCUT2D eigenvalue weighted by atomic mass is 35.5. The van der Waals surface area contributed by atoms with E-state index in [-0.39, 0.29) is 18.3 Å². The van der Waals surface area contributed by atoms with Gasteiger partial charge in [0.15, 0.2) is 0 Å². The van der Waals surface area contributed by atoms with Gasteiger partial charge < -0.3 is 10.6 Å². The largest absolute Gasteiger partial charge is 0.336 e. The van der Waals surface area contributed by atoms with Gasteiger partial charge in [0.2, 0.25) is 0 Å². The van der Waals surface area contributed by atoms with Crippen molar-refractivity contribution in [1.29, 1.82) is 0 Å². The lowest BCUT2D eigenvalue weighted by Gasteiger charge is -2.42. The van der Waals surface area contributed by atoms with E-state index < -0.39 is 0 Å². The molecule has 3 rings (SSSR count). The van der Waals surface area contributed by atoms with E-state index in [4.69, 9.17) is 5.73 Å². The summed E-state index contributed by atoms with van der Waals surface area (Å²) in [5, 5.41) is 0. The van der Waals surface area contributed by atoms with Crippen LogP contribution < -0.4 is 5.73 Å². The molecule has 5 heteroatoms. The molecule has 4 nitrogen and oxygen atoms in total. The van der Waals surface area contributed by atoms with Crippen molar-refractivity contribution >= 4 is 18.3 Å². The van der Waals surface area contributed by atoms with Crippen molar-refractivity contribution in [2.24, 2.45) is 17.6 Å². The average molecular weight is 380 g/mol. The third-order valence-electron chi connectivity index (χ3n) is 6.24. The molecule has 0 unspecified atom stereocenters. The van der Waals surface area contributed by atoms with E-state index in [1.807, 2.05) is 29.2 Å². The van der Waals surface area contributed by atoms with E-state index in [0.717, 1.165) is 55.2 Å². The Balaban J connectivity index is 0.00000243. The minimum Gasteiger partial charge on any atom is -0.336 e. The monoisotopic (exact) mass is 379 g/mol. The highest BCUT2D eigenvalue weighted by Crippen LogP contribution is 2.32. The summed E-state index contributed by atoms with van der Waals surface area (Å²) in [5.74, 6) is 1.89. The summed E-state index contributed by atoms with van der Waals surface area (Å²) in [6, 6.07) is 8.46. The van der Waals surface area contributed by atoms with Gasteiger partial charge in [-0.3, -0.25) is 9.69 Å². The molecule has 1 aromatic rings. The molecule has 0 aromatic heterocycles. The predicted molar refractivity (Wildman–Crippen MR) is 110 cm³/mol. The van der Waals surface area contributed by atoms with Crippen molar-refractivity contribution < 1.29 is 4.79 Å². The molecule has 2 aliphatic rings. The van der Waals surface area contributed by atoms with Crippen molar-refractivity contribution in [1.82, 2.24) is 9.80 Å². The van der Waals surface area contributed by atoms with Gasteiger partial charge in [-0.1, -0.05) is 26.0 Å². The quantitative estimate of drug-likeness (QED) is 0.870. The SMILES string of the molecule is CC(C)C1CCC(N2CCN(C(=O)c3ccc(CN)cc3)CC2)CC1.Cl. The van der Waals surface area contributed by atoms with E-state index in [1.165, 1.54) is 25.7 Å². The highest BCUT2D eigenvalue weighted by molar-refractivity contribution is 5.94. The molecule has 0 bridgehead atoms. The summed E-state index contributed by atoms with van der Waals surface area (Å²) in [5.41, 5.74) is 7.48. The summed E-state index contributed by atoms with van der Waals surface area (Å²) in [4.78, 5) is 17.3. The van der Waals surface area contributed by atoms with E-state index in [2.05, 4.69) is 18.7 Å². The van der Waals surface area contributed by atoms with Gasteiger partial charge in [-0.05, 0) is 55.2 Å². The molecule has 1 aliphatic heterocycles. The first-order valence-electron chi connectivity index (χ1n) is 9.91. The summed E-state index contributed by atoms with van der Waals surface area (Å²) in [6.07, 6.45) is 5.40. The topological polar surface area (TPSA) is 49.6 Å². The zero-order valence-corrected chi connectivity index (χ0v) is 17.0. The van der Waals surface area contributed by atoms with Crippen LogP contribution in [0, 0.1) is 11.8 Å². The number of halogens is 1. The summed E-state index contributed by atoms with van der Waals surface area (Å²) in [6.45, 7) is 8.97. The lowest BCUT2D eigenvalue weighted by molar-refractivity contribution is 0.0478. The number of nitrogens with two attached hydrogens (primary N) is 1. The van der Waals surface area contributed by atoms with Crippen molar-refractivity contribution in [2.75, 3.05) is 26.2 Å². The highest BCUT2D eigenvalue weighted by Gasteiger charge is 2.30. The molecule has 0 atom stereocenters. The fraction of sp³-hybridized carbons (Fsp3) is 0.667. The lowest BCUT2D eigenvalue weighted by atomic mass is 9.79. The summed E-state index contributed by atoms with van der Waals surface area (Å²) < 4.78 is 0. The van der Waals surface area contributed by atoms with E-state index in [0.29, 0.717) is 6.54 Å². The summed E-state index contributed by atoms with van der Waals surface area (Å²) >= 11 is 0. The van der Waals surface area contributed by atoms with Crippen molar-refractivity contribution in [3.05, 3.63) is 35.4 Å². The first-order chi connectivity index (χ1) is 12.1. The molecule has 1 aliphatic carbocycles. The van der Waals surface area contributed by atoms with Crippen LogP contribution in [-0.4, -0.2) is 47.9 Å². The van der Waals surface area contributed by atoms with Crippen LogP contribution in [-0.2, 0) is 6.54 Å². The van der Waals surface area contributed by atoms with Crippen LogP contribution in [0.25, 0.3) is 0 Å². The zero-order chi connectivity index (χ0) is 17.8. The van der Waals surface area contributed by atoms with Crippen molar-refractivity contribution in [3.8, 4) is 0 Å². The number of carbonyl (C=O) groups is 1. The van der Waals surface area contributed by atoms with Crippen LogP contribution in [0.4, 0.5) is 0 Å². The molecule has 1 amide bonds. The number of amides is 1. The molecule has 26 heavy (non-hydrogen) atoms. The molecular weight excluding hydrogens is 346 g/mol. The molecule has 1 heterocycles. The molecule has 146 valence electrons. The molecular formula is C21H34ClN3O. The fourth-order valence-corrected chi connectivity index (χ4v) is 4.39. The number of piperazine rings is 1. The molecule has 0 spiro atoms.